The van der Waals surface area contributed by atoms with Crippen molar-refractivity contribution in [2.75, 3.05) is 32.7 Å². The fraction of sp³-hybridized carbons (Fsp3) is 0.667. The van der Waals surface area contributed by atoms with Gasteiger partial charge in [-0.1, -0.05) is 50.8 Å². The molecule has 3 rings (SSSR count). The van der Waals surface area contributed by atoms with Gasteiger partial charge in [0.05, 0.1) is 6.04 Å². The van der Waals surface area contributed by atoms with Crippen molar-refractivity contribution in [2.45, 2.75) is 58.9 Å². The standard InChI is InChI=1S/C24H37N3O2/c1-4-18(2)17-25-23(28)22(20-7-5-6-8-20)26-13-15-27(16-14-26)24(29)21-11-9-19(3)10-12-21/h9-12,18,20,22H,4-8,13-17H2,1-3H3,(H,25,28)/t18-,22-/m1/s1. The lowest BCUT2D eigenvalue weighted by Gasteiger charge is -2.41. The molecule has 5 heteroatoms. The van der Waals surface area contributed by atoms with Crippen LogP contribution in [-0.4, -0.2) is 60.4 Å². The number of carbonyl (C=O) groups excluding carboxylic acids is 2. The van der Waals surface area contributed by atoms with Crippen molar-refractivity contribution >= 4 is 11.8 Å². The van der Waals surface area contributed by atoms with Crippen LogP contribution >= 0.6 is 0 Å². The molecule has 1 aliphatic carbocycles. The lowest BCUT2D eigenvalue weighted by Crippen LogP contribution is -2.58. The maximum Gasteiger partial charge on any atom is 0.253 e. The molecule has 5 nitrogen and oxygen atoms in total. The Kier molecular flexibility index (Phi) is 7.70. The summed E-state index contributed by atoms with van der Waals surface area (Å²) < 4.78 is 0. The van der Waals surface area contributed by atoms with Crippen LogP contribution in [0, 0.1) is 18.8 Å². The molecule has 0 spiro atoms. The second-order valence-electron chi connectivity index (χ2n) is 8.94. The van der Waals surface area contributed by atoms with E-state index in [2.05, 4.69) is 24.1 Å². The van der Waals surface area contributed by atoms with Crippen LogP contribution in [0.5, 0.6) is 0 Å². The molecule has 1 saturated carbocycles. The normalized spacial score (nSPS) is 20.4. The number of amides is 2. The third-order valence-electron chi connectivity index (χ3n) is 6.73. The van der Waals surface area contributed by atoms with Gasteiger partial charge in [-0.3, -0.25) is 14.5 Å². The summed E-state index contributed by atoms with van der Waals surface area (Å²) in [6.45, 7) is 10.1. The van der Waals surface area contributed by atoms with Gasteiger partial charge in [-0.2, -0.15) is 0 Å². The average Bonchev–Trinajstić information content (AvgIpc) is 3.27. The maximum absolute atomic E-state index is 13.1. The van der Waals surface area contributed by atoms with Crippen molar-refractivity contribution in [3.63, 3.8) is 0 Å². The second-order valence-corrected chi connectivity index (χ2v) is 8.94. The van der Waals surface area contributed by atoms with E-state index in [0.29, 0.717) is 24.9 Å². The molecule has 0 bridgehead atoms. The Bertz CT molecular complexity index is 674. The highest BCUT2D eigenvalue weighted by Crippen LogP contribution is 2.31. The van der Waals surface area contributed by atoms with Gasteiger partial charge < -0.3 is 10.2 Å². The monoisotopic (exact) mass is 399 g/mol. The first-order valence-electron chi connectivity index (χ1n) is 11.4. The molecule has 1 aliphatic heterocycles. The lowest BCUT2D eigenvalue weighted by molar-refractivity contribution is -0.129. The van der Waals surface area contributed by atoms with Crippen LogP contribution in [0.1, 0.15) is 61.9 Å². The number of benzene rings is 1. The SMILES string of the molecule is CC[C@@H](C)CNC(=O)[C@@H](C1CCCC1)N1CCN(C(=O)c2ccc(C)cc2)CC1. The summed E-state index contributed by atoms with van der Waals surface area (Å²) in [4.78, 5) is 30.2. The first-order chi connectivity index (χ1) is 14.0. The van der Waals surface area contributed by atoms with Gasteiger partial charge in [-0.05, 0) is 43.7 Å². The molecule has 2 aliphatic rings. The van der Waals surface area contributed by atoms with Gasteiger partial charge in [0.1, 0.15) is 0 Å². The van der Waals surface area contributed by atoms with Crippen molar-refractivity contribution in [3.05, 3.63) is 35.4 Å². The van der Waals surface area contributed by atoms with Crippen molar-refractivity contribution in [3.8, 4) is 0 Å². The molecule has 0 radical (unpaired) electrons. The van der Waals surface area contributed by atoms with Crippen LogP contribution in [-0.2, 0) is 4.79 Å². The number of carbonyl (C=O) groups is 2. The van der Waals surface area contributed by atoms with Gasteiger partial charge >= 0.3 is 0 Å². The van der Waals surface area contributed by atoms with Gasteiger partial charge in [0, 0.05) is 38.3 Å². The van der Waals surface area contributed by atoms with E-state index in [1.807, 2.05) is 36.1 Å². The predicted octanol–water partition coefficient (Wildman–Crippen LogP) is 3.47. The second kappa shape index (κ2) is 10.2. The van der Waals surface area contributed by atoms with E-state index in [1.165, 1.54) is 12.8 Å². The lowest BCUT2D eigenvalue weighted by atomic mass is 9.94. The van der Waals surface area contributed by atoms with Crippen molar-refractivity contribution in [2.24, 2.45) is 11.8 Å². The molecule has 1 aromatic carbocycles. The van der Waals surface area contributed by atoms with Crippen LogP contribution in [0.3, 0.4) is 0 Å². The molecule has 2 fully saturated rings. The minimum atomic E-state index is -0.0433. The first kappa shape index (κ1) is 21.8. The zero-order valence-electron chi connectivity index (χ0n) is 18.3. The highest BCUT2D eigenvalue weighted by molar-refractivity contribution is 5.94. The number of aryl methyl sites for hydroxylation is 1. The molecule has 2 amide bonds. The Labute approximate surface area is 175 Å². The maximum atomic E-state index is 13.1. The Balaban J connectivity index is 1.61. The Morgan fingerprint density at radius 2 is 1.69 bits per heavy atom. The Hall–Kier alpha value is -1.88. The van der Waals surface area contributed by atoms with Crippen LogP contribution in [0.25, 0.3) is 0 Å². The molecule has 160 valence electrons. The minimum Gasteiger partial charge on any atom is -0.354 e. The third-order valence-corrected chi connectivity index (χ3v) is 6.73. The van der Waals surface area contributed by atoms with E-state index in [9.17, 15) is 9.59 Å². The summed E-state index contributed by atoms with van der Waals surface area (Å²) in [5.41, 5.74) is 1.91. The van der Waals surface area contributed by atoms with E-state index >= 15 is 0 Å². The van der Waals surface area contributed by atoms with Crippen LogP contribution in [0.15, 0.2) is 24.3 Å². The van der Waals surface area contributed by atoms with E-state index < -0.39 is 0 Å². The van der Waals surface area contributed by atoms with Gasteiger partial charge in [0.25, 0.3) is 5.91 Å². The molecule has 1 aromatic rings. The first-order valence-corrected chi connectivity index (χ1v) is 11.4. The van der Waals surface area contributed by atoms with Gasteiger partial charge in [0.15, 0.2) is 0 Å². The van der Waals surface area contributed by atoms with E-state index in [-0.39, 0.29) is 17.9 Å². The number of rotatable bonds is 7. The summed E-state index contributed by atoms with van der Waals surface area (Å²) in [5.74, 6) is 1.25. The molecular formula is C24H37N3O2. The van der Waals surface area contributed by atoms with Gasteiger partial charge in [0.2, 0.25) is 5.91 Å². The highest BCUT2D eigenvalue weighted by atomic mass is 16.2. The van der Waals surface area contributed by atoms with Gasteiger partial charge in [-0.15, -0.1) is 0 Å². The van der Waals surface area contributed by atoms with Crippen molar-refractivity contribution in [1.29, 1.82) is 0 Å². The fourth-order valence-electron chi connectivity index (χ4n) is 4.56. The number of piperazine rings is 1. The fourth-order valence-corrected chi connectivity index (χ4v) is 4.56. The summed E-state index contributed by atoms with van der Waals surface area (Å²) in [5, 5.41) is 3.21. The Morgan fingerprint density at radius 1 is 1.07 bits per heavy atom. The molecule has 2 atom stereocenters. The molecule has 29 heavy (non-hydrogen) atoms. The van der Waals surface area contributed by atoms with Gasteiger partial charge in [-0.25, -0.2) is 0 Å². The number of nitrogens with zero attached hydrogens (tertiary/aromatic N) is 2. The summed E-state index contributed by atoms with van der Waals surface area (Å²) in [7, 11) is 0. The van der Waals surface area contributed by atoms with E-state index in [1.54, 1.807) is 0 Å². The van der Waals surface area contributed by atoms with Crippen LogP contribution < -0.4 is 5.32 Å². The molecule has 1 N–H and O–H groups in total. The van der Waals surface area contributed by atoms with Crippen molar-refractivity contribution in [1.82, 2.24) is 15.1 Å². The summed E-state index contributed by atoms with van der Waals surface area (Å²) in [6, 6.07) is 7.75. The molecule has 0 unspecified atom stereocenters. The van der Waals surface area contributed by atoms with Crippen LogP contribution in [0.4, 0.5) is 0 Å². The molecular weight excluding hydrogens is 362 g/mol. The summed E-state index contributed by atoms with van der Waals surface area (Å²) >= 11 is 0. The number of hydrogen-bond donors (Lipinski definition) is 1. The number of hydrogen-bond acceptors (Lipinski definition) is 3. The predicted molar refractivity (Wildman–Crippen MR) is 117 cm³/mol. The smallest absolute Gasteiger partial charge is 0.253 e. The topological polar surface area (TPSA) is 52.7 Å². The quantitative estimate of drug-likeness (QED) is 0.764. The largest absolute Gasteiger partial charge is 0.354 e. The zero-order chi connectivity index (χ0) is 20.8. The van der Waals surface area contributed by atoms with E-state index in [0.717, 1.165) is 50.0 Å². The summed E-state index contributed by atoms with van der Waals surface area (Å²) in [6.07, 6.45) is 5.82. The molecule has 1 heterocycles. The van der Waals surface area contributed by atoms with Crippen molar-refractivity contribution < 1.29 is 9.59 Å². The Morgan fingerprint density at radius 3 is 2.28 bits per heavy atom. The molecule has 0 aromatic heterocycles. The average molecular weight is 400 g/mol. The number of nitrogens with one attached hydrogen (secondary N) is 1. The zero-order valence-corrected chi connectivity index (χ0v) is 18.3. The molecule has 1 saturated heterocycles. The highest BCUT2D eigenvalue weighted by Gasteiger charge is 2.37. The minimum absolute atomic E-state index is 0.0433. The van der Waals surface area contributed by atoms with E-state index in [4.69, 9.17) is 0 Å². The van der Waals surface area contributed by atoms with Crippen LogP contribution in [0.2, 0.25) is 0 Å². The third kappa shape index (κ3) is 5.59.